The van der Waals surface area contributed by atoms with Crippen LogP contribution in [0, 0.1) is 5.92 Å². The molecule has 0 spiro atoms. The van der Waals surface area contributed by atoms with Crippen LogP contribution in [0.15, 0.2) is 182 Å². The highest BCUT2D eigenvalue weighted by Gasteiger charge is 2.18. The highest BCUT2D eigenvalue weighted by Crippen LogP contribution is 2.40. The van der Waals surface area contributed by atoms with Crippen LogP contribution in [0.25, 0.3) is 83.0 Å². The summed E-state index contributed by atoms with van der Waals surface area (Å²) in [6.45, 7) is 2.29. The standard InChI is InChI=1S/C49H36N2/c1-33-14-8-10-20-42(33)49-31-39(30-48(51-49)35-17-6-3-7-18-35)38-26-40(46-29-36-19-9-11-21-43(36)44-22-12-13-23-45(44)46)28-41(27-38)47-25-24-37(32-50-47)34-15-4-2-5-16-34/h2-13,15-33H,14H2,1H3. The smallest absolute Gasteiger partial charge is 0.0715 e. The summed E-state index contributed by atoms with van der Waals surface area (Å²) < 4.78 is 0. The molecule has 1 aliphatic carbocycles. The normalized spacial score (nSPS) is 14.1. The maximum atomic E-state index is 5.26. The number of nitrogens with zero attached hydrogens (tertiary/aromatic N) is 2. The number of rotatable bonds is 6. The summed E-state index contributed by atoms with van der Waals surface area (Å²) in [5.41, 5.74) is 13.3. The molecule has 1 unspecified atom stereocenters. The molecular formula is C49H36N2. The lowest BCUT2D eigenvalue weighted by atomic mass is 9.87. The number of allylic oxidation sites excluding steroid dienone is 4. The van der Waals surface area contributed by atoms with Crippen LogP contribution in [-0.2, 0) is 0 Å². The first-order chi connectivity index (χ1) is 25.2. The van der Waals surface area contributed by atoms with Crippen LogP contribution in [0.1, 0.15) is 19.0 Å². The van der Waals surface area contributed by atoms with E-state index in [1.807, 2.05) is 12.3 Å². The van der Waals surface area contributed by atoms with Crippen molar-refractivity contribution in [3.8, 4) is 55.9 Å². The SMILES string of the molecule is CC1CC=CC=C1c1cc(-c2cc(-c3ccc(-c4ccccc4)cn3)cc(-c3cc4ccccc4c4ccccc34)c2)cc(-c2ccccc2)n1. The molecule has 6 aromatic carbocycles. The van der Waals surface area contributed by atoms with Crippen LogP contribution in [0.3, 0.4) is 0 Å². The Morgan fingerprint density at radius 2 is 1.12 bits per heavy atom. The first-order valence-corrected chi connectivity index (χ1v) is 17.7. The van der Waals surface area contributed by atoms with Crippen molar-refractivity contribution >= 4 is 27.1 Å². The molecule has 0 fully saturated rings. The van der Waals surface area contributed by atoms with Crippen LogP contribution < -0.4 is 0 Å². The summed E-state index contributed by atoms with van der Waals surface area (Å²) in [4.78, 5) is 10.3. The lowest BCUT2D eigenvalue weighted by molar-refractivity contribution is 0.754. The quantitative estimate of drug-likeness (QED) is 0.167. The molecule has 0 N–H and O–H groups in total. The number of fused-ring (bicyclic) bond motifs is 3. The number of aromatic nitrogens is 2. The van der Waals surface area contributed by atoms with E-state index < -0.39 is 0 Å². The summed E-state index contributed by atoms with van der Waals surface area (Å²) in [5, 5.41) is 4.99. The Balaban J connectivity index is 1.28. The number of benzene rings is 6. The van der Waals surface area contributed by atoms with Crippen LogP contribution in [0.4, 0.5) is 0 Å². The van der Waals surface area contributed by atoms with Gasteiger partial charge in [-0.1, -0.05) is 140 Å². The van der Waals surface area contributed by atoms with Gasteiger partial charge in [-0.25, -0.2) is 4.98 Å². The van der Waals surface area contributed by atoms with E-state index >= 15 is 0 Å². The summed E-state index contributed by atoms with van der Waals surface area (Å²) in [5.74, 6) is 0.388. The van der Waals surface area contributed by atoms with Gasteiger partial charge in [0.1, 0.15) is 0 Å². The van der Waals surface area contributed by atoms with E-state index in [2.05, 4.69) is 177 Å². The minimum absolute atomic E-state index is 0.388. The largest absolute Gasteiger partial charge is 0.256 e. The van der Waals surface area contributed by atoms with Crippen molar-refractivity contribution in [3.05, 3.63) is 188 Å². The first kappa shape index (κ1) is 30.7. The Kier molecular flexibility index (Phi) is 7.91. The molecule has 1 atom stereocenters. The fourth-order valence-electron chi connectivity index (χ4n) is 7.44. The highest BCUT2D eigenvalue weighted by atomic mass is 14.7. The minimum Gasteiger partial charge on any atom is -0.256 e. The van der Waals surface area contributed by atoms with Crippen LogP contribution in [0.5, 0.6) is 0 Å². The second-order valence-corrected chi connectivity index (χ2v) is 13.5. The molecule has 8 aromatic rings. The Labute approximate surface area is 299 Å². The molecule has 2 heteroatoms. The predicted molar refractivity (Wildman–Crippen MR) is 215 cm³/mol. The second-order valence-electron chi connectivity index (χ2n) is 13.5. The van der Waals surface area contributed by atoms with E-state index in [0.29, 0.717) is 5.92 Å². The van der Waals surface area contributed by atoms with Gasteiger partial charge in [-0.15, -0.1) is 0 Å². The Bertz CT molecular complexity index is 2600. The minimum atomic E-state index is 0.388. The molecule has 0 radical (unpaired) electrons. The van der Waals surface area contributed by atoms with Gasteiger partial charge in [-0.2, -0.15) is 0 Å². The van der Waals surface area contributed by atoms with Gasteiger partial charge < -0.3 is 0 Å². The van der Waals surface area contributed by atoms with E-state index in [-0.39, 0.29) is 0 Å². The Morgan fingerprint density at radius 3 is 1.88 bits per heavy atom. The summed E-state index contributed by atoms with van der Waals surface area (Å²) in [6.07, 6.45) is 9.65. The molecule has 0 saturated carbocycles. The Hall–Kier alpha value is -6.38. The summed E-state index contributed by atoms with van der Waals surface area (Å²) in [7, 11) is 0. The van der Waals surface area contributed by atoms with Crippen molar-refractivity contribution in [1.82, 2.24) is 9.97 Å². The zero-order chi connectivity index (χ0) is 34.1. The van der Waals surface area contributed by atoms with Gasteiger partial charge in [0.15, 0.2) is 0 Å². The monoisotopic (exact) mass is 652 g/mol. The average Bonchev–Trinajstić information content (AvgIpc) is 3.21. The topological polar surface area (TPSA) is 25.8 Å². The van der Waals surface area contributed by atoms with Crippen LogP contribution >= 0.6 is 0 Å². The number of hydrogen-bond donors (Lipinski definition) is 0. The highest BCUT2D eigenvalue weighted by molar-refractivity contribution is 6.14. The van der Waals surface area contributed by atoms with Crippen LogP contribution in [-0.4, -0.2) is 9.97 Å². The molecule has 0 amide bonds. The van der Waals surface area contributed by atoms with E-state index in [1.54, 1.807) is 0 Å². The average molecular weight is 653 g/mol. The molecule has 2 heterocycles. The Morgan fingerprint density at radius 1 is 0.471 bits per heavy atom. The molecule has 2 nitrogen and oxygen atoms in total. The maximum absolute atomic E-state index is 5.26. The fraction of sp³-hybridized carbons (Fsp3) is 0.0612. The van der Waals surface area contributed by atoms with Crippen molar-refractivity contribution in [2.45, 2.75) is 13.3 Å². The molecule has 0 aliphatic heterocycles. The van der Waals surface area contributed by atoms with Gasteiger partial charge in [0.25, 0.3) is 0 Å². The van der Waals surface area contributed by atoms with E-state index in [0.717, 1.165) is 62.4 Å². The van der Waals surface area contributed by atoms with Crippen molar-refractivity contribution in [2.75, 3.05) is 0 Å². The molecule has 0 saturated heterocycles. The predicted octanol–water partition coefficient (Wildman–Crippen LogP) is 13.1. The van der Waals surface area contributed by atoms with E-state index in [1.165, 1.54) is 32.7 Å². The van der Waals surface area contributed by atoms with Gasteiger partial charge in [0.2, 0.25) is 0 Å². The van der Waals surface area contributed by atoms with Gasteiger partial charge in [0.05, 0.1) is 17.1 Å². The zero-order valence-electron chi connectivity index (χ0n) is 28.5. The summed E-state index contributed by atoms with van der Waals surface area (Å²) >= 11 is 0. The molecule has 242 valence electrons. The first-order valence-electron chi connectivity index (χ1n) is 17.7. The molecule has 1 aliphatic rings. The van der Waals surface area contributed by atoms with Gasteiger partial charge in [-0.3, -0.25) is 4.98 Å². The molecular weight excluding hydrogens is 617 g/mol. The maximum Gasteiger partial charge on any atom is 0.0715 e. The van der Waals surface area contributed by atoms with Crippen molar-refractivity contribution < 1.29 is 0 Å². The third-order valence-corrected chi connectivity index (χ3v) is 10.1. The van der Waals surface area contributed by atoms with Gasteiger partial charge >= 0.3 is 0 Å². The third kappa shape index (κ3) is 5.96. The fourth-order valence-corrected chi connectivity index (χ4v) is 7.44. The van der Waals surface area contributed by atoms with E-state index in [9.17, 15) is 0 Å². The van der Waals surface area contributed by atoms with Gasteiger partial charge in [0, 0.05) is 22.9 Å². The lowest BCUT2D eigenvalue weighted by Crippen LogP contribution is -2.04. The van der Waals surface area contributed by atoms with Crippen molar-refractivity contribution in [2.24, 2.45) is 5.92 Å². The van der Waals surface area contributed by atoms with Crippen LogP contribution in [0.2, 0.25) is 0 Å². The van der Waals surface area contributed by atoms with Crippen molar-refractivity contribution in [1.29, 1.82) is 0 Å². The number of pyridine rings is 2. The molecule has 51 heavy (non-hydrogen) atoms. The third-order valence-electron chi connectivity index (χ3n) is 10.1. The molecule has 0 bridgehead atoms. The zero-order valence-corrected chi connectivity index (χ0v) is 28.5. The molecule has 9 rings (SSSR count). The second kappa shape index (κ2) is 13.2. The number of hydrogen-bond acceptors (Lipinski definition) is 2. The lowest BCUT2D eigenvalue weighted by Gasteiger charge is -2.19. The molecule has 2 aromatic heterocycles. The van der Waals surface area contributed by atoms with E-state index in [4.69, 9.17) is 9.97 Å². The van der Waals surface area contributed by atoms with Gasteiger partial charge in [-0.05, 0) is 110 Å². The van der Waals surface area contributed by atoms with Crippen molar-refractivity contribution in [3.63, 3.8) is 0 Å². The summed E-state index contributed by atoms with van der Waals surface area (Å²) in [6, 6.07) is 56.6.